The van der Waals surface area contributed by atoms with E-state index >= 15 is 0 Å². The van der Waals surface area contributed by atoms with Gasteiger partial charge in [-0.2, -0.15) is 4.52 Å². The van der Waals surface area contributed by atoms with Gasteiger partial charge in [0.05, 0.1) is 11.0 Å². The van der Waals surface area contributed by atoms with Gasteiger partial charge in [-0.15, -0.1) is 5.10 Å². The van der Waals surface area contributed by atoms with Crippen LogP contribution in [0.15, 0.2) is 48.2 Å². The molecule has 3 aromatic rings. The largest absolute Gasteiger partial charge is 0.404 e. The van der Waals surface area contributed by atoms with Gasteiger partial charge in [-0.1, -0.05) is 24.3 Å². The molecular weight excluding hydrogens is 402 g/mol. The number of fused-ring (bicyclic) bond motifs is 3. The van der Waals surface area contributed by atoms with Crippen LogP contribution in [0.1, 0.15) is 38.4 Å². The fourth-order valence-electron chi connectivity index (χ4n) is 3.77. The predicted octanol–water partition coefficient (Wildman–Crippen LogP) is 3.36. The SMILES string of the molecule is C=C(/C=C\C(=C/N)C(C)(C)O)C1CC(c2nc3c4cc(F)cc(F)c4nc(N)n3n2)C1. The predicted molar refractivity (Wildman–Crippen MR) is 115 cm³/mol. The summed E-state index contributed by atoms with van der Waals surface area (Å²) >= 11 is 0. The first-order valence-electron chi connectivity index (χ1n) is 9.91. The zero-order valence-electron chi connectivity index (χ0n) is 17.3. The highest BCUT2D eigenvalue weighted by Crippen LogP contribution is 2.44. The van der Waals surface area contributed by atoms with E-state index in [0.717, 1.165) is 24.5 Å². The van der Waals surface area contributed by atoms with Gasteiger partial charge in [0, 0.05) is 12.0 Å². The summed E-state index contributed by atoms with van der Waals surface area (Å²) < 4.78 is 29.2. The monoisotopic (exact) mass is 426 g/mol. The number of benzene rings is 1. The number of hydrogen-bond donors (Lipinski definition) is 3. The average Bonchev–Trinajstić information content (AvgIpc) is 3.07. The molecule has 1 aromatic carbocycles. The third-order valence-electron chi connectivity index (χ3n) is 5.73. The van der Waals surface area contributed by atoms with E-state index in [1.807, 2.05) is 6.08 Å². The van der Waals surface area contributed by atoms with E-state index in [2.05, 4.69) is 21.6 Å². The summed E-state index contributed by atoms with van der Waals surface area (Å²) in [4.78, 5) is 8.52. The van der Waals surface area contributed by atoms with Crippen molar-refractivity contribution in [3.8, 4) is 0 Å². The highest BCUT2D eigenvalue weighted by Gasteiger charge is 2.34. The Kier molecular flexibility index (Phi) is 5.01. The van der Waals surface area contributed by atoms with Gasteiger partial charge in [-0.3, -0.25) is 0 Å². The zero-order chi connectivity index (χ0) is 22.5. The summed E-state index contributed by atoms with van der Waals surface area (Å²) in [6.07, 6.45) is 6.55. The zero-order valence-corrected chi connectivity index (χ0v) is 17.3. The summed E-state index contributed by atoms with van der Waals surface area (Å²) in [5.74, 6) is -0.665. The second-order valence-corrected chi connectivity index (χ2v) is 8.41. The molecule has 0 aliphatic heterocycles. The van der Waals surface area contributed by atoms with Crippen molar-refractivity contribution >= 4 is 22.5 Å². The fourth-order valence-corrected chi connectivity index (χ4v) is 3.77. The van der Waals surface area contributed by atoms with Crippen LogP contribution < -0.4 is 11.5 Å². The molecule has 0 spiro atoms. The van der Waals surface area contributed by atoms with Crippen LogP contribution in [-0.4, -0.2) is 30.3 Å². The number of anilines is 1. The van der Waals surface area contributed by atoms with E-state index < -0.39 is 17.2 Å². The highest BCUT2D eigenvalue weighted by atomic mass is 19.1. The minimum atomic E-state index is -1.04. The molecule has 2 heterocycles. The maximum absolute atomic E-state index is 14.1. The maximum atomic E-state index is 14.1. The van der Waals surface area contributed by atoms with E-state index in [0.29, 0.717) is 11.4 Å². The van der Waals surface area contributed by atoms with Gasteiger partial charge in [0.1, 0.15) is 11.3 Å². The maximum Gasteiger partial charge on any atom is 0.223 e. The topological polar surface area (TPSA) is 115 Å². The molecule has 9 heteroatoms. The summed E-state index contributed by atoms with van der Waals surface area (Å²) in [5.41, 5.74) is 12.2. The Morgan fingerprint density at radius 1 is 1.26 bits per heavy atom. The molecule has 4 rings (SSSR count). The first-order chi connectivity index (χ1) is 14.6. The summed E-state index contributed by atoms with van der Waals surface area (Å²) in [7, 11) is 0. The Hall–Kier alpha value is -3.33. The number of nitrogen functional groups attached to an aromatic ring is 1. The van der Waals surface area contributed by atoms with Gasteiger partial charge in [0.25, 0.3) is 0 Å². The molecule has 1 aliphatic rings. The van der Waals surface area contributed by atoms with Crippen molar-refractivity contribution in [2.24, 2.45) is 11.7 Å². The van der Waals surface area contributed by atoms with Crippen LogP contribution in [0.5, 0.6) is 0 Å². The van der Waals surface area contributed by atoms with Crippen molar-refractivity contribution in [3.05, 3.63) is 65.7 Å². The second-order valence-electron chi connectivity index (χ2n) is 8.41. The number of halogens is 2. The summed E-state index contributed by atoms with van der Waals surface area (Å²) in [6.45, 7) is 7.44. The number of aromatic nitrogens is 4. The van der Waals surface area contributed by atoms with Gasteiger partial charge in [0.15, 0.2) is 17.3 Å². The molecule has 5 N–H and O–H groups in total. The molecule has 2 aromatic heterocycles. The molecule has 0 amide bonds. The van der Waals surface area contributed by atoms with Gasteiger partial charge in [0.2, 0.25) is 5.95 Å². The third-order valence-corrected chi connectivity index (χ3v) is 5.73. The van der Waals surface area contributed by atoms with Crippen molar-refractivity contribution in [2.45, 2.75) is 38.2 Å². The number of hydrogen-bond acceptors (Lipinski definition) is 6. The standard InChI is InChI=1S/C22H24F2N6O/c1-11(4-5-14(10-25)22(2,3)31)12-6-13(7-12)19-28-20-16-8-15(23)9-17(24)18(16)27-21(26)30(20)29-19/h4-5,8-10,12-13,31H,1,6-7,25H2,2-3H3,(H2,26,27)/b5-4-,14-10+. The van der Waals surface area contributed by atoms with Crippen LogP contribution in [0.3, 0.4) is 0 Å². The molecule has 1 aliphatic carbocycles. The van der Waals surface area contributed by atoms with E-state index in [9.17, 15) is 13.9 Å². The van der Waals surface area contributed by atoms with Crippen LogP contribution >= 0.6 is 0 Å². The van der Waals surface area contributed by atoms with Crippen molar-refractivity contribution in [3.63, 3.8) is 0 Å². The average molecular weight is 426 g/mol. The lowest BCUT2D eigenvalue weighted by Gasteiger charge is -2.34. The third kappa shape index (κ3) is 3.76. The van der Waals surface area contributed by atoms with Gasteiger partial charge >= 0.3 is 0 Å². The molecule has 0 saturated heterocycles. The van der Waals surface area contributed by atoms with E-state index in [-0.39, 0.29) is 34.3 Å². The number of nitrogens with zero attached hydrogens (tertiary/aromatic N) is 4. The van der Waals surface area contributed by atoms with Crippen molar-refractivity contribution in [2.75, 3.05) is 5.73 Å². The van der Waals surface area contributed by atoms with Crippen molar-refractivity contribution < 1.29 is 13.9 Å². The molecule has 0 bridgehead atoms. The van der Waals surface area contributed by atoms with Crippen molar-refractivity contribution in [1.29, 1.82) is 0 Å². The van der Waals surface area contributed by atoms with Crippen LogP contribution in [0.4, 0.5) is 14.7 Å². The van der Waals surface area contributed by atoms with Crippen LogP contribution in [0, 0.1) is 17.6 Å². The molecule has 0 atom stereocenters. The molecule has 7 nitrogen and oxygen atoms in total. The van der Waals surface area contributed by atoms with Gasteiger partial charge < -0.3 is 16.6 Å². The molecule has 31 heavy (non-hydrogen) atoms. The Morgan fingerprint density at radius 2 is 1.97 bits per heavy atom. The summed E-state index contributed by atoms with van der Waals surface area (Å²) in [5, 5.41) is 14.7. The van der Waals surface area contributed by atoms with Crippen molar-refractivity contribution in [1.82, 2.24) is 19.6 Å². The molecular formula is C22H24F2N6O. The second kappa shape index (κ2) is 7.42. The Bertz CT molecular complexity index is 1250. The smallest absolute Gasteiger partial charge is 0.223 e. The van der Waals surface area contributed by atoms with Gasteiger partial charge in [-0.05, 0) is 50.4 Å². The minimum absolute atomic E-state index is 0.0114. The number of aliphatic hydroxyl groups is 1. The lowest BCUT2D eigenvalue weighted by molar-refractivity contribution is 0.123. The minimum Gasteiger partial charge on any atom is -0.404 e. The van der Waals surface area contributed by atoms with Crippen LogP contribution in [0.25, 0.3) is 16.6 Å². The van der Waals surface area contributed by atoms with E-state index in [1.165, 1.54) is 16.8 Å². The quantitative estimate of drug-likeness (QED) is 0.539. The van der Waals surface area contributed by atoms with Gasteiger partial charge in [-0.25, -0.2) is 18.7 Å². The van der Waals surface area contributed by atoms with Crippen LogP contribution in [-0.2, 0) is 0 Å². The number of nitrogens with two attached hydrogens (primary N) is 2. The molecule has 162 valence electrons. The first-order valence-corrected chi connectivity index (χ1v) is 9.91. The highest BCUT2D eigenvalue weighted by molar-refractivity contribution is 5.92. The molecule has 0 radical (unpaired) electrons. The Morgan fingerprint density at radius 3 is 2.61 bits per heavy atom. The molecule has 1 saturated carbocycles. The Balaban J connectivity index is 1.55. The Labute approximate surface area is 177 Å². The van der Waals surface area contributed by atoms with Crippen LogP contribution in [0.2, 0.25) is 0 Å². The molecule has 1 fully saturated rings. The summed E-state index contributed by atoms with van der Waals surface area (Å²) in [6, 6.07) is 1.95. The number of allylic oxidation sites excluding steroid dienone is 2. The fraction of sp³-hybridized carbons (Fsp3) is 0.318. The van der Waals surface area contributed by atoms with E-state index in [1.54, 1.807) is 19.9 Å². The number of rotatable bonds is 5. The normalized spacial score (nSPS) is 20.0. The first kappa shape index (κ1) is 20.9. The molecule has 0 unspecified atom stereocenters. The van der Waals surface area contributed by atoms with E-state index in [4.69, 9.17) is 11.5 Å². The lowest BCUT2D eigenvalue weighted by Crippen LogP contribution is -2.24. The lowest BCUT2D eigenvalue weighted by atomic mass is 9.71.